The summed E-state index contributed by atoms with van der Waals surface area (Å²) in [7, 11) is 1.79. The molecule has 0 atom stereocenters. The van der Waals surface area contributed by atoms with Gasteiger partial charge in [0.1, 0.15) is 0 Å². The number of piperazine rings is 1. The Morgan fingerprint density at radius 2 is 1.45 bits per heavy atom. The van der Waals surface area contributed by atoms with Crippen LogP contribution in [0.5, 0.6) is 0 Å². The average Bonchev–Trinajstić information content (AvgIpc) is 2.74. The monoisotopic (exact) mass is 395 g/mol. The molecule has 7 heteroatoms. The molecule has 1 saturated heterocycles. The van der Waals surface area contributed by atoms with Crippen LogP contribution in [0.1, 0.15) is 21.5 Å². The highest BCUT2D eigenvalue weighted by Crippen LogP contribution is 2.11. The Morgan fingerprint density at radius 3 is 2.03 bits per heavy atom. The second kappa shape index (κ2) is 9.23. The Hall–Kier alpha value is -3.35. The van der Waals surface area contributed by atoms with Crippen molar-refractivity contribution < 1.29 is 19.5 Å². The molecule has 29 heavy (non-hydrogen) atoms. The summed E-state index contributed by atoms with van der Waals surface area (Å²) in [5.41, 5.74) is 2.06. The summed E-state index contributed by atoms with van der Waals surface area (Å²) in [6.07, 6.45) is 0.224. The van der Waals surface area contributed by atoms with E-state index < -0.39 is 5.97 Å². The highest BCUT2D eigenvalue weighted by molar-refractivity contribution is 5.87. The summed E-state index contributed by atoms with van der Waals surface area (Å²) < 4.78 is 0. The van der Waals surface area contributed by atoms with E-state index in [2.05, 4.69) is 0 Å². The number of carbonyl (C=O) groups excluding carboxylic acids is 2. The number of carbonyl (C=O) groups is 3. The van der Waals surface area contributed by atoms with Gasteiger partial charge in [-0.1, -0.05) is 42.5 Å². The molecule has 2 aromatic carbocycles. The molecule has 0 bridgehead atoms. The van der Waals surface area contributed by atoms with Crippen LogP contribution in [-0.4, -0.2) is 70.9 Å². The Morgan fingerprint density at radius 1 is 0.862 bits per heavy atom. The van der Waals surface area contributed by atoms with Crippen LogP contribution < -0.4 is 0 Å². The fourth-order valence-corrected chi connectivity index (χ4v) is 3.37. The van der Waals surface area contributed by atoms with Crippen molar-refractivity contribution in [2.45, 2.75) is 13.0 Å². The number of carboxylic acid groups (broad SMARTS) is 1. The zero-order valence-electron chi connectivity index (χ0n) is 16.5. The molecular weight excluding hydrogens is 370 g/mol. The lowest BCUT2D eigenvalue weighted by Crippen LogP contribution is -2.53. The molecule has 0 aliphatic carbocycles. The van der Waals surface area contributed by atoms with Crippen LogP contribution in [0.2, 0.25) is 0 Å². The van der Waals surface area contributed by atoms with Gasteiger partial charge in [-0.25, -0.2) is 9.59 Å². The van der Waals surface area contributed by atoms with Gasteiger partial charge in [0, 0.05) is 39.8 Å². The Bertz CT molecular complexity index is 859. The number of hydrogen-bond donors (Lipinski definition) is 1. The number of aromatic carboxylic acids is 1. The SMILES string of the molecule is CN(Cc1ccccc1)C(=O)N1CCN(C(=O)Cc2ccc(C(=O)O)cc2)CC1. The highest BCUT2D eigenvalue weighted by atomic mass is 16.4. The predicted molar refractivity (Wildman–Crippen MR) is 109 cm³/mol. The molecule has 0 radical (unpaired) electrons. The predicted octanol–water partition coefficient (Wildman–Crippen LogP) is 2.32. The van der Waals surface area contributed by atoms with Crippen molar-refractivity contribution in [3.63, 3.8) is 0 Å². The van der Waals surface area contributed by atoms with Crippen LogP contribution in [0, 0.1) is 0 Å². The van der Waals surface area contributed by atoms with Crippen molar-refractivity contribution in [3.8, 4) is 0 Å². The second-order valence-electron chi connectivity index (χ2n) is 7.17. The standard InChI is InChI=1S/C22H25N3O4/c1-23(16-18-5-3-2-4-6-18)22(29)25-13-11-24(12-14-25)20(26)15-17-7-9-19(10-8-17)21(27)28/h2-10H,11-16H2,1H3,(H,27,28). The van der Waals surface area contributed by atoms with E-state index in [0.717, 1.165) is 11.1 Å². The van der Waals surface area contributed by atoms with Gasteiger partial charge in [0.25, 0.3) is 0 Å². The average molecular weight is 395 g/mol. The van der Waals surface area contributed by atoms with Gasteiger partial charge in [0.2, 0.25) is 5.91 Å². The molecule has 2 aromatic rings. The number of urea groups is 1. The van der Waals surface area contributed by atoms with Crippen LogP contribution in [0.25, 0.3) is 0 Å². The van der Waals surface area contributed by atoms with E-state index in [4.69, 9.17) is 5.11 Å². The molecule has 3 rings (SSSR count). The maximum absolute atomic E-state index is 12.7. The summed E-state index contributed by atoms with van der Waals surface area (Å²) in [4.78, 5) is 41.3. The van der Waals surface area contributed by atoms with Gasteiger partial charge in [0.15, 0.2) is 0 Å². The third-order valence-electron chi connectivity index (χ3n) is 5.05. The Kier molecular flexibility index (Phi) is 6.49. The van der Waals surface area contributed by atoms with E-state index in [0.29, 0.717) is 32.7 Å². The maximum Gasteiger partial charge on any atom is 0.335 e. The molecule has 0 unspecified atom stereocenters. The minimum absolute atomic E-state index is 0.0159. The van der Waals surface area contributed by atoms with Gasteiger partial charge in [-0.2, -0.15) is 0 Å². The molecule has 3 amide bonds. The first-order valence-electron chi connectivity index (χ1n) is 9.58. The molecular formula is C22H25N3O4. The summed E-state index contributed by atoms with van der Waals surface area (Å²) in [6, 6.07) is 16.1. The van der Waals surface area contributed by atoms with E-state index in [1.807, 2.05) is 30.3 Å². The maximum atomic E-state index is 12.7. The first-order chi connectivity index (χ1) is 13.9. The normalized spacial score (nSPS) is 13.8. The van der Waals surface area contributed by atoms with Crippen molar-refractivity contribution in [1.82, 2.24) is 14.7 Å². The fraction of sp³-hybridized carbons (Fsp3) is 0.318. The molecule has 1 fully saturated rings. The number of amides is 3. The van der Waals surface area contributed by atoms with Gasteiger partial charge in [0.05, 0.1) is 12.0 Å². The molecule has 1 heterocycles. The molecule has 0 saturated carbocycles. The molecule has 152 valence electrons. The van der Waals surface area contributed by atoms with E-state index in [-0.39, 0.29) is 23.9 Å². The lowest BCUT2D eigenvalue weighted by atomic mass is 10.1. The van der Waals surface area contributed by atoms with Crippen LogP contribution >= 0.6 is 0 Å². The van der Waals surface area contributed by atoms with Crippen LogP contribution in [0.3, 0.4) is 0 Å². The summed E-state index contributed by atoms with van der Waals surface area (Å²) in [6.45, 7) is 2.54. The number of nitrogens with zero attached hydrogens (tertiary/aromatic N) is 3. The third kappa shape index (κ3) is 5.34. The van der Waals surface area contributed by atoms with Gasteiger partial charge in [-0.3, -0.25) is 4.79 Å². The van der Waals surface area contributed by atoms with Crippen molar-refractivity contribution in [2.75, 3.05) is 33.2 Å². The van der Waals surface area contributed by atoms with E-state index in [1.54, 1.807) is 33.9 Å². The number of hydrogen-bond acceptors (Lipinski definition) is 3. The Balaban J connectivity index is 1.48. The molecule has 1 aliphatic heterocycles. The molecule has 7 nitrogen and oxygen atoms in total. The van der Waals surface area contributed by atoms with E-state index >= 15 is 0 Å². The minimum Gasteiger partial charge on any atom is -0.478 e. The van der Waals surface area contributed by atoms with E-state index in [9.17, 15) is 14.4 Å². The van der Waals surface area contributed by atoms with Gasteiger partial charge >= 0.3 is 12.0 Å². The lowest BCUT2D eigenvalue weighted by Gasteiger charge is -2.36. The fourth-order valence-electron chi connectivity index (χ4n) is 3.37. The first-order valence-corrected chi connectivity index (χ1v) is 9.58. The zero-order chi connectivity index (χ0) is 20.8. The van der Waals surface area contributed by atoms with Crippen LogP contribution in [-0.2, 0) is 17.8 Å². The highest BCUT2D eigenvalue weighted by Gasteiger charge is 2.26. The van der Waals surface area contributed by atoms with Gasteiger partial charge < -0.3 is 19.8 Å². The van der Waals surface area contributed by atoms with Crippen LogP contribution in [0.4, 0.5) is 4.79 Å². The van der Waals surface area contributed by atoms with Crippen molar-refractivity contribution in [3.05, 3.63) is 71.3 Å². The van der Waals surface area contributed by atoms with Crippen molar-refractivity contribution in [2.24, 2.45) is 0 Å². The largest absolute Gasteiger partial charge is 0.478 e. The molecule has 0 aromatic heterocycles. The lowest BCUT2D eigenvalue weighted by molar-refractivity contribution is -0.131. The van der Waals surface area contributed by atoms with Crippen molar-refractivity contribution >= 4 is 17.9 Å². The second-order valence-corrected chi connectivity index (χ2v) is 7.17. The van der Waals surface area contributed by atoms with Crippen molar-refractivity contribution in [1.29, 1.82) is 0 Å². The number of rotatable bonds is 5. The quantitative estimate of drug-likeness (QED) is 0.843. The summed E-state index contributed by atoms with van der Waals surface area (Å²) >= 11 is 0. The van der Waals surface area contributed by atoms with Crippen LogP contribution in [0.15, 0.2) is 54.6 Å². The number of carboxylic acids is 1. The first kappa shape index (κ1) is 20.4. The smallest absolute Gasteiger partial charge is 0.335 e. The Labute approximate surface area is 170 Å². The minimum atomic E-state index is -0.985. The van der Waals surface area contributed by atoms with E-state index in [1.165, 1.54) is 12.1 Å². The van der Waals surface area contributed by atoms with Gasteiger partial charge in [-0.05, 0) is 23.3 Å². The molecule has 1 N–H and O–H groups in total. The third-order valence-corrected chi connectivity index (χ3v) is 5.05. The number of benzene rings is 2. The summed E-state index contributed by atoms with van der Waals surface area (Å²) in [5.74, 6) is -1.00. The topological polar surface area (TPSA) is 81.2 Å². The summed E-state index contributed by atoms with van der Waals surface area (Å²) in [5, 5.41) is 8.94. The molecule has 1 aliphatic rings. The van der Waals surface area contributed by atoms with Gasteiger partial charge in [-0.15, -0.1) is 0 Å². The molecule has 0 spiro atoms. The zero-order valence-corrected chi connectivity index (χ0v) is 16.5.